The topological polar surface area (TPSA) is 29.5 Å². The van der Waals surface area contributed by atoms with Gasteiger partial charge < -0.3 is 9.84 Å². The molecule has 0 spiro atoms. The average Bonchev–Trinajstić information content (AvgIpc) is 3.21. The van der Waals surface area contributed by atoms with E-state index in [9.17, 15) is 0 Å². The molecular formula is C54H112O2. The van der Waals surface area contributed by atoms with Gasteiger partial charge in [0.05, 0.1) is 0 Å². The van der Waals surface area contributed by atoms with Crippen LogP contribution in [0.25, 0.3) is 0 Å². The predicted molar refractivity (Wildman–Crippen MR) is 257 cm³/mol. The van der Waals surface area contributed by atoms with Crippen molar-refractivity contribution in [2.45, 2.75) is 329 Å². The summed E-state index contributed by atoms with van der Waals surface area (Å²) >= 11 is 0. The van der Waals surface area contributed by atoms with Gasteiger partial charge in [-0.3, -0.25) is 0 Å². The summed E-state index contributed by atoms with van der Waals surface area (Å²) in [5.41, 5.74) is 0. The average molecular weight is 793 g/mol. The van der Waals surface area contributed by atoms with Crippen LogP contribution >= 0.6 is 0 Å². The Morgan fingerprint density at radius 2 is 0.339 bits per heavy atom. The van der Waals surface area contributed by atoms with Crippen molar-refractivity contribution in [3.8, 4) is 0 Å². The van der Waals surface area contributed by atoms with Gasteiger partial charge in [-0.15, -0.1) is 0 Å². The van der Waals surface area contributed by atoms with Crippen molar-refractivity contribution in [2.24, 2.45) is 0 Å². The number of unbranched alkanes of at least 4 members (excludes halogenated alkanes) is 45. The van der Waals surface area contributed by atoms with Crippen LogP contribution in [0.3, 0.4) is 0 Å². The summed E-state index contributed by atoms with van der Waals surface area (Å²) < 4.78 is 5.87. The van der Waals surface area contributed by atoms with Gasteiger partial charge in [0, 0.05) is 19.8 Å². The number of hydrogen-bond acceptors (Lipinski definition) is 2. The van der Waals surface area contributed by atoms with E-state index in [0.717, 1.165) is 19.6 Å². The molecule has 0 saturated heterocycles. The van der Waals surface area contributed by atoms with Gasteiger partial charge in [0.1, 0.15) is 0 Å². The van der Waals surface area contributed by atoms with Crippen molar-refractivity contribution >= 4 is 0 Å². The maximum Gasteiger partial charge on any atom is 0.0466 e. The molecule has 0 heterocycles. The Hall–Kier alpha value is -0.0800. The first-order valence-electron chi connectivity index (χ1n) is 27.0. The predicted octanol–water partition coefficient (Wildman–Crippen LogP) is 19.8. The lowest BCUT2D eigenvalue weighted by molar-refractivity contribution is 0.125. The highest BCUT2D eigenvalue weighted by Crippen LogP contribution is 2.17. The van der Waals surface area contributed by atoms with E-state index < -0.39 is 0 Å². The standard InChI is InChI=1S/C36H74O.C18H38O/c1-3-5-7-9-11-13-15-17-19-21-23-25-27-29-31-33-35-37-36-34-32-30-28-26-24-22-20-18-16-14-12-10-8-6-4-2;1-2-3-4-5-6-7-8-9-10-11-12-13-14-15-16-17-18-19/h3-36H2,1-2H3;19H,2-18H2,1H3. The summed E-state index contributed by atoms with van der Waals surface area (Å²) in [5, 5.41) is 8.67. The van der Waals surface area contributed by atoms with Crippen LogP contribution in [-0.2, 0) is 4.74 Å². The highest BCUT2D eigenvalue weighted by Gasteiger charge is 1.98. The Balaban J connectivity index is 0. The molecule has 0 aliphatic heterocycles. The zero-order chi connectivity index (χ0) is 40.8. The zero-order valence-corrected chi connectivity index (χ0v) is 39.9. The van der Waals surface area contributed by atoms with Gasteiger partial charge in [0.25, 0.3) is 0 Å². The molecule has 340 valence electrons. The molecule has 0 aromatic carbocycles. The summed E-state index contributed by atoms with van der Waals surface area (Å²) in [6.45, 7) is 9.26. The molecule has 0 aromatic heterocycles. The van der Waals surface area contributed by atoms with Gasteiger partial charge in [-0.1, -0.05) is 310 Å². The Labute approximate surface area is 357 Å². The van der Waals surface area contributed by atoms with Crippen LogP contribution in [0.1, 0.15) is 329 Å². The quantitative estimate of drug-likeness (QED) is 0.0622. The van der Waals surface area contributed by atoms with Crippen molar-refractivity contribution < 1.29 is 9.84 Å². The highest BCUT2D eigenvalue weighted by atomic mass is 16.5. The maximum absolute atomic E-state index is 8.67. The van der Waals surface area contributed by atoms with Gasteiger partial charge in [0.15, 0.2) is 0 Å². The minimum absolute atomic E-state index is 0.373. The molecular weight excluding hydrogens is 681 g/mol. The highest BCUT2D eigenvalue weighted by molar-refractivity contribution is 4.53. The Morgan fingerprint density at radius 3 is 0.500 bits per heavy atom. The zero-order valence-electron chi connectivity index (χ0n) is 39.9. The minimum Gasteiger partial charge on any atom is -0.396 e. The van der Waals surface area contributed by atoms with Gasteiger partial charge >= 0.3 is 0 Å². The third-order valence-electron chi connectivity index (χ3n) is 12.3. The van der Waals surface area contributed by atoms with Gasteiger partial charge in [0.2, 0.25) is 0 Å². The van der Waals surface area contributed by atoms with Crippen LogP contribution in [0.15, 0.2) is 0 Å². The Kier molecular flexibility index (Phi) is 61.4. The van der Waals surface area contributed by atoms with E-state index in [1.165, 1.54) is 302 Å². The molecule has 0 radical (unpaired) electrons. The van der Waals surface area contributed by atoms with E-state index in [-0.39, 0.29) is 0 Å². The molecule has 0 amide bonds. The first-order chi connectivity index (χ1) is 27.8. The van der Waals surface area contributed by atoms with E-state index in [1.807, 2.05) is 0 Å². The van der Waals surface area contributed by atoms with E-state index in [0.29, 0.717) is 6.61 Å². The van der Waals surface area contributed by atoms with E-state index >= 15 is 0 Å². The van der Waals surface area contributed by atoms with Crippen molar-refractivity contribution in [1.29, 1.82) is 0 Å². The summed E-state index contributed by atoms with van der Waals surface area (Å²) in [6.07, 6.45) is 68.2. The van der Waals surface area contributed by atoms with Crippen molar-refractivity contribution in [3.63, 3.8) is 0 Å². The van der Waals surface area contributed by atoms with E-state index in [2.05, 4.69) is 20.8 Å². The van der Waals surface area contributed by atoms with E-state index in [4.69, 9.17) is 9.84 Å². The fourth-order valence-electron chi connectivity index (χ4n) is 8.27. The molecule has 2 nitrogen and oxygen atoms in total. The molecule has 0 saturated carbocycles. The summed E-state index contributed by atoms with van der Waals surface area (Å²) in [5.74, 6) is 0. The maximum atomic E-state index is 8.67. The number of ether oxygens (including phenoxy) is 1. The lowest BCUT2D eigenvalue weighted by Gasteiger charge is -2.06. The molecule has 0 atom stereocenters. The van der Waals surface area contributed by atoms with Crippen LogP contribution < -0.4 is 0 Å². The van der Waals surface area contributed by atoms with Crippen LogP contribution in [0.4, 0.5) is 0 Å². The lowest BCUT2D eigenvalue weighted by atomic mass is 10.0. The third-order valence-corrected chi connectivity index (χ3v) is 12.3. The number of hydrogen-bond donors (Lipinski definition) is 1. The summed E-state index contributed by atoms with van der Waals surface area (Å²) in [4.78, 5) is 0. The molecule has 2 heteroatoms. The van der Waals surface area contributed by atoms with Crippen molar-refractivity contribution in [1.82, 2.24) is 0 Å². The fraction of sp³-hybridized carbons (Fsp3) is 1.00. The first kappa shape index (κ1) is 58.0. The minimum atomic E-state index is 0.373. The second-order valence-electron chi connectivity index (χ2n) is 18.2. The second-order valence-corrected chi connectivity index (χ2v) is 18.2. The summed E-state index contributed by atoms with van der Waals surface area (Å²) in [7, 11) is 0. The SMILES string of the molecule is CCCCCCCCCCCCCCCCCCO.CCCCCCCCCCCCCCCCCCOCCCCCCCCCCCCCCCCCC. The van der Waals surface area contributed by atoms with E-state index in [1.54, 1.807) is 0 Å². The normalized spacial score (nSPS) is 11.4. The van der Waals surface area contributed by atoms with Crippen LogP contribution in [0.2, 0.25) is 0 Å². The fourth-order valence-corrected chi connectivity index (χ4v) is 8.27. The molecule has 0 aromatic rings. The molecule has 1 N–H and O–H groups in total. The monoisotopic (exact) mass is 793 g/mol. The molecule has 0 fully saturated rings. The van der Waals surface area contributed by atoms with Gasteiger partial charge in [-0.25, -0.2) is 0 Å². The Morgan fingerprint density at radius 1 is 0.196 bits per heavy atom. The van der Waals surface area contributed by atoms with Crippen LogP contribution in [-0.4, -0.2) is 24.9 Å². The van der Waals surface area contributed by atoms with Crippen LogP contribution in [0.5, 0.6) is 0 Å². The molecule has 0 aliphatic carbocycles. The lowest BCUT2D eigenvalue weighted by Crippen LogP contribution is -1.97. The Bertz CT molecular complexity index is 555. The van der Waals surface area contributed by atoms with Crippen molar-refractivity contribution in [3.05, 3.63) is 0 Å². The smallest absolute Gasteiger partial charge is 0.0466 e. The molecule has 0 aliphatic rings. The molecule has 0 unspecified atom stereocenters. The summed E-state index contributed by atoms with van der Waals surface area (Å²) in [6, 6.07) is 0. The van der Waals surface area contributed by atoms with Crippen molar-refractivity contribution in [2.75, 3.05) is 19.8 Å². The molecule has 0 rings (SSSR count). The number of aliphatic hydroxyl groups excluding tert-OH is 1. The third kappa shape index (κ3) is 60.6. The largest absolute Gasteiger partial charge is 0.396 e. The van der Waals surface area contributed by atoms with Gasteiger partial charge in [-0.2, -0.15) is 0 Å². The van der Waals surface area contributed by atoms with Crippen LogP contribution in [0, 0.1) is 0 Å². The molecule has 56 heavy (non-hydrogen) atoms. The van der Waals surface area contributed by atoms with Gasteiger partial charge in [-0.05, 0) is 19.3 Å². The molecule has 0 bridgehead atoms. The number of aliphatic hydroxyl groups is 1. The number of rotatable bonds is 50. The first-order valence-corrected chi connectivity index (χ1v) is 27.0. The second kappa shape index (κ2) is 59.2.